The largest absolute Gasteiger partial charge is 0.481 e. The van der Waals surface area contributed by atoms with Crippen LogP contribution in [-0.2, 0) is 4.79 Å². The Balaban J connectivity index is 1.60. The Morgan fingerprint density at radius 3 is 2.20 bits per heavy atom. The predicted molar refractivity (Wildman–Crippen MR) is 116 cm³/mol. The zero-order valence-electron chi connectivity index (χ0n) is 16.3. The van der Waals surface area contributed by atoms with E-state index in [4.69, 9.17) is 9.15 Å². The van der Waals surface area contributed by atoms with Crippen molar-refractivity contribution in [3.05, 3.63) is 90.7 Å². The third kappa shape index (κ3) is 4.17. The normalized spacial score (nSPS) is 11.6. The topological polar surface area (TPSA) is 80.6 Å². The number of para-hydroxylation sites is 3. The zero-order valence-corrected chi connectivity index (χ0v) is 16.3. The maximum absolute atomic E-state index is 12.9. The molecule has 1 heterocycles. The van der Waals surface area contributed by atoms with Crippen molar-refractivity contribution in [2.75, 3.05) is 10.6 Å². The van der Waals surface area contributed by atoms with Gasteiger partial charge in [-0.3, -0.25) is 9.59 Å². The first-order chi connectivity index (χ1) is 14.6. The van der Waals surface area contributed by atoms with E-state index in [1.165, 1.54) is 0 Å². The monoisotopic (exact) mass is 400 g/mol. The van der Waals surface area contributed by atoms with Gasteiger partial charge in [0.1, 0.15) is 17.0 Å². The minimum Gasteiger partial charge on any atom is -0.481 e. The molecule has 0 radical (unpaired) electrons. The summed E-state index contributed by atoms with van der Waals surface area (Å²) in [5, 5.41) is 6.22. The molecular weight excluding hydrogens is 380 g/mol. The molecule has 0 saturated carbocycles. The summed E-state index contributed by atoms with van der Waals surface area (Å²) in [4.78, 5) is 25.6. The molecule has 0 spiro atoms. The fourth-order valence-electron chi connectivity index (χ4n) is 3.02. The van der Waals surface area contributed by atoms with Crippen LogP contribution < -0.4 is 15.4 Å². The summed E-state index contributed by atoms with van der Waals surface area (Å²) >= 11 is 0. The summed E-state index contributed by atoms with van der Waals surface area (Å²) in [6, 6.07) is 25.3. The van der Waals surface area contributed by atoms with Crippen molar-refractivity contribution in [2.24, 2.45) is 0 Å². The highest BCUT2D eigenvalue weighted by molar-refractivity contribution is 6.14. The van der Waals surface area contributed by atoms with E-state index in [2.05, 4.69) is 10.6 Å². The van der Waals surface area contributed by atoms with Crippen LogP contribution in [0.3, 0.4) is 0 Å². The fourth-order valence-corrected chi connectivity index (χ4v) is 3.02. The molecule has 6 heteroatoms. The van der Waals surface area contributed by atoms with E-state index in [0.29, 0.717) is 28.1 Å². The van der Waals surface area contributed by atoms with Crippen LogP contribution in [0.5, 0.6) is 5.75 Å². The molecule has 1 aromatic heterocycles. The zero-order chi connectivity index (χ0) is 20.9. The maximum Gasteiger partial charge on any atom is 0.293 e. The van der Waals surface area contributed by atoms with E-state index in [1.807, 2.05) is 42.5 Å². The summed E-state index contributed by atoms with van der Waals surface area (Å²) in [7, 11) is 0. The van der Waals surface area contributed by atoms with Gasteiger partial charge in [0.2, 0.25) is 5.76 Å². The number of carbonyl (C=O) groups excluding carboxylic acids is 2. The second-order valence-electron chi connectivity index (χ2n) is 6.68. The molecule has 0 bridgehead atoms. The minimum absolute atomic E-state index is 0.0281. The van der Waals surface area contributed by atoms with Crippen LogP contribution in [-0.4, -0.2) is 17.9 Å². The lowest BCUT2D eigenvalue weighted by Gasteiger charge is -2.15. The second kappa shape index (κ2) is 8.53. The molecular formula is C24H20N2O4. The van der Waals surface area contributed by atoms with Gasteiger partial charge in [0.05, 0.1) is 0 Å². The summed E-state index contributed by atoms with van der Waals surface area (Å²) in [5.74, 6) is -0.233. The van der Waals surface area contributed by atoms with Gasteiger partial charge in [0.25, 0.3) is 11.8 Å². The van der Waals surface area contributed by atoms with Crippen molar-refractivity contribution >= 4 is 34.2 Å². The third-order valence-corrected chi connectivity index (χ3v) is 4.51. The Hall–Kier alpha value is -4.06. The van der Waals surface area contributed by atoms with Gasteiger partial charge < -0.3 is 19.8 Å². The molecule has 0 saturated heterocycles. The number of ether oxygens (including phenoxy) is 1. The quantitative estimate of drug-likeness (QED) is 0.472. The molecule has 2 amide bonds. The molecule has 150 valence electrons. The highest BCUT2D eigenvalue weighted by Crippen LogP contribution is 2.31. The summed E-state index contributed by atoms with van der Waals surface area (Å²) in [5.41, 5.74) is 1.44. The van der Waals surface area contributed by atoms with Crippen molar-refractivity contribution in [2.45, 2.75) is 13.0 Å². The highest BCUT2D eigenvalue weighted by Gasteiger charge is 2.24. The molecule has 3 aromatic carbocycles. The van der Waals surface area contributed by atoms with Crippen LogP contribution >= 0.6 is 0 Å². The molecule has 4 rings (SSSR count). The van der Waals surface area contributed by atoms with E-state index >= 15 is 0 Å². The standard InChI is InChI=1S/C24H20N2O4/c1-16(29-18-12-6-3-7-13-18)23(27)26-21-19-14-8-9-15-20(19)30-22(21)24(28)25-17-10-4-2-5-11-17/h2-16H,1H3,(H,25,28)(H,26,27). The molecule has 4 aromatic rings. The minimum atomic E-state index is -0.772. The van der Waals surface area contributed by atoms with Crippen molar-refractivity contribution in [3.63, 3.8) is 0 Å². The lowest BCUT2D eigenvalue weighted by molar-refractivity contribution is -0.122. The molecule has 0 fully saturated rings. The summed E-state index contributed by atoms with van der Waals surface area (Å²) in [6.07, 6.45) is -0.772. The smallest absolute Gasteiger partial charge is 0.293 e. The Bertz CT molecular complexity index is 1170. The Morgan fingerprint density at radius 2 is 1.47 bits per heavy atom. The highest BCUT2D eigenvalue weighted by atomic mass is 16.5. The van der Waals surface area contributed by atoms with Gasteiger partial charge in [-0.05, 0) is 43.3 Å². The first-order valence-corrected chi connectivity index (χ1v) is 9.52. The second-order valence-corrected chi connectivity index (χ2v) is 6.68. The van der Waals surface area contributed by atoms with E-state index in [1.54, 1.807) is 49.4 Å². The predicted octanol–water partition coefficient (Wildman–Crippen LogP) is 5.09. The average Bonchev–Trinajstić information content (AvgIpc) is 3.14. The number of carbonyl (C=O) groups is 2. The lowest BCUT2D eigenvalue weighted by atomic mass is 10.2. The van der Waals surface area contributed by atoms with Crippen LogP contribution in [0, 0.1) is 0 Å². The maximum atomic E-state index is 12.9. The molecule has 2 N–H and O–H groups in total. The van der Waals surface area contributed by atoms with Gasteiger partial charge in [0.15, 0.2) is 6.10 Å². The van der Waals surface area contributed by atoms with Crippen LogP contribution in [0.25, 0.3) is 11.0 Å². The number of benzene rings is 3. The average molecular weight is 400 g/mol. The third-order valence-electron chi connectivity index (χ3n) is 4.51. The van der Waals surface area contributed by atoms with E-state index in [0.717, 1.165) is 0 Å². The summed E-state index contributed by atoms with van der Waals surface area (Å²) < 4.78 is 11.5. The molecule has 0 aliphatic carbocycles. The first-order valence-electron chi connectivity index (χ1n) is 9.52. The van der Waals surface area contributed by atoms with Crippen LogP contribution in [0.1, 0.15) is 17.5 Å². The molecule has 1 atom stereocenters. The van der Waals surface area contributed by atoms with Gasteiger partial charge in [-0.2, -0.15) is 0 Å². The number of furan rings is 1. The van der Waals surface area contributed by atoms with Crippen molar-refractivity contribution in [3.8, 4) is 5.75 Å². The van der Waals surface area contributed by atoms with Gasteiger partial charge in [-0.25, -0.2) is 0 Å². The number of fused-ring (bicyclic) bond motifs is 1. The van der Waals surface area contributed by atoms with Crippen LogP contribution in [0.15, 0.2) is 89.3 Å². The Labute approximate surface area is 173 Å². The lowest BCUT2D eigenvalue weighted by Crippen LogP contribution is -2.30. The molecule has 30 heavy (non-hydrogen) atoms. The number of nitrogens with one attached hydrogen (secondary N) is 2. The van der Waals surface area contributed by atoms with Gasteiger partial charge in [-0.15, -0.1) is 0 Å². The van der Waals surface area contributed by atoms with E-state index < -0.39 is 12.0 Å². The molecule has 0 aliphatic heterocycles. The van der Waals surface area contributed by atoms with Crippen LogP contribution in [0.2, 0.25) is 0 Å². The van der Waals surface area contributed by atoms with Crippen molar-refractivity contribution in [1.82, 2.24) is 0 Å². The van der Waals surface area contributed by atoms with Gasteiger partial charge in [0, 0.05) is 11.1 Å². The number of rotatable bonds is 6. The molecule has 6 nitrogen and oxygen atoms in total. The molecule has 0 aliphatic rings. The molecule has 1 unspecified atom stereocenters. The summed E-state index contributed by atoms with van der Waals surface area (Å²) in [6.45, 7) is 1.65. The number of amides is 2. The Morgan fingerprint density at radius 1 is 0.833 bits per heavy atom. The van der Waals surface area contributed by atoms with E-state index in [9.17, 15) is 9.59 Å². The van der Waals surface area contributed by atoms with Crippen LogP contribution in [0.4, 0.5) is 11.4 Å². The SMILES string of the molecule is CC(Oc1ccccc1)C(=O)Nc1c(C(=O)Nc2ccccc2)oc2ccccc12. The number of hydrogen-bond acceptors (Lipinski definition) is 4. The van der Waals surface area contributed by atoms with Crippen molar-refractivity contribution < 1.29 is 18.7 Å². The number of anilines is 2. The van der Waals surface area contributed by atoms with Gasteiger partial charge >= 0.3 is 0 Å². The van der Waals surface area contributed by atoms with Crippen molar-refractivity contribution in [1.29, 1.82) is 0 Å². The first kappa shape index (κ1) is 19.3. The van der Waals surface area contributed by atoms with Gasteiger partial charge in [-0.1, -0.05) is 48.5 Å². The fraction of sp³-hybridized carbons (Fsp3) is 0.0833. The number of hydrogen-bond donors (Lipinski definition) is 2. The van der Waals surface area contributed by atoms with E-state index in [-0.39, 0.29) is 11.7 Å². The Kier molecular flexibility index (Phi) is 5.48.